The molecule has 3 nitrogen and oxygen atoms in total. The molecule has 2 rings (SSSR count). The summed E-state index contributed by atoms with van der Waals surface area (Å²) < 4.78 is 0. The van der Waals surface area contributed by atoms with E-state index in [4.69, 9.17) is 0 Å². The second-order valence-corrected chi connectivity index (χ2v) is 5.70. The SMILES string of the molecule is Cc1ccccc1CCC(=O)N(C)C1CCC(=O)CC1. The third kappa shape index (κ3) is 3.69. The minimum absolute atomic E-state index is 0.188. The molecule has 0 unspecified atom stereocenters. The lowest BCUT2D eigenvalue weighted by Gasteiger charge is -2.30. The van der Waals surface area contributed by atoms with E-state index in [0.717, 1.165) is 19.3 Å². The molecule has 20 heavy (non-hydrogen) atoms. The summed E-state index contributed by atoms with van der Waals surface area (Å²) in [6.07, 6.45) is 4.24. The molecule has 1 saturated carbocycles. The predicted octanol–water partition coefficient (Wildman–Crippen LogP) is 2.90. The van der Waals surface area contributed by atoms with Crippen LogP contribution in [0.2, 0.25) is 0 Å². The number of ketones is 1. The van der Waals surface area contributed by atoms with Gasteiger partial charge in [-0.15, -0.1) is 0 Å². The van der Waals surface area contributed by atoms with E-state index in [2.05, 4.69) is 19.1 Å². The van der Waals surface area contributed by atoms with E-state index >= 15 is 0 Å². The Morgan fingerprint density at radius 2 is 1.90 bits per heavy atom. The summed E-state index contributed by atoms with van der Waals surface area (Å²) in [5, 5.41) is 0. The van der Waals surface area contributed by atoms with Crippen molar-refractivity contribution < 1.29 is 9.59 Å². The zero-order valence-electron chi connectivity index (χ0n) is 12.4. The van der Waals surface area contributed by atoms with Crippen molar-refractivity contribution >= 4 is 11.7 Å². The summed E-state index contributed by atoms with van der Waals surface area (Å²) in [7, 11) is 1.88. The van der Waals surface area contributed by atoms with Crippen LogP contribution in [0.4, 0.5) is 0 Å². The van der Waals surface area contributed by atoms with Gasteiger partial charge in [-0.05, 0) is 37.3 Å². The van der Waals surface area contributed by atoms with Crippen LogP contribution in [0.1, 0.15) is 43.2 Å². The van der Waals surface area contributed by atoms with Crippen molar-refractivity contribution in [1.29, 1.82) is 0 Å². The summed E-state index contributed by atoms with van der Waals surface area (Å²) in [6.45, 7) is 2.08. The molecule has 1 aliphatic rings. The van der Waals surface area contributed by atoms with Gasteiger partial charge in [0, 0.05) is 32.4 Å². The van der Waals surface area contributed by atoms with E-state index in [9.17, 15) is 9.59 Å². The summed E-state index contributed by atoms with van der Waals surface area (Å²) in [5.74, 6) is 0.523. The molecule has 3 heteroatoms. The first kappa shape index (κ1) is 14.8. The summed E-state index contributed by atoms with van der Waals surface area (Å²) >= 11 is 0. The Hall–Kier alpha value is -1.64. The fourth-order valence-electron chi connectivity index (χ4n) is 2.82. The second kappa shape index (κ2) is 6.69. The topological polar surface area (TPSA) is 37.4 Å². The number of amides is 1. The van der Waals surface area contributed by atoms with Gasteiger partial charge < -0.3 is 4.90 Å². The van der Waals surface area contributed by atoms with Gasteiger partial charge in [-0.3, -0.25) is 9.59 Å². The molecule has 0 saturated heterocycles. The van der Waals surface area contributed by atoms with Crippen LogP contribution in [0.25, 0.3) is 0 Å². The lowest BCUT2D eigenvalue weighted by molar-refractivity contribution is -0.134. The van der Waals surface area contributed by atoms with Crippen LogP contribution in [0, 0.1) is 6.92 Å². The number of rotatable bonds is 4. The van der Waals surface area contributed by atoms with E-state index in [1.54, 1.807) is 0 Å². The molecule has 108 valence electrons. The summed E-state index contributed by atoms with van der Waals surface area (Å²) in [5.41, 5.74) is 2.49. The zero-order chi connectivity index (χ0) is 14.5. The van der Waals surface area contributed by atoms with Crippen molar-refractivity contribution in [3.63, 3.8) is 0 Å². The number of hydrogen-bond donors (Lipinski definition) is 0. The van der Waals surface area contributed by atoms with Gasteiger partial charge >= 0.3 is 0 Å². The van der Waals surface area contributed by atoms with Crippen molar-refractivity contribution in [1.82, 2.24) is 4.90 Å². The average molecular weight is 273 g/mol. The van der Waals surface area contributed by atoms with E-state index in [0.29, 0.717) is 25.0 Å². The Morgan fingerprint density at radius 3 is 2.55 bits per heavy atom. The first-order valence-corrected chi connectivity index (χ1v) is 7.40. The van der Waals surface area contributed by atoms with Crippen LogP contribution in [-0.4, -0.2) is 29.7 Å². The first-order chi connectivity index (χ1) is 9.58. The average Bonchev–Trinajstić information content (AvgIpc) is 2.46. The van der Waals surface area contributed by atoms with Crippen molar-refractivity contribution in [3.05, 3.63) is 35.4 Å². The molecule has 0 N–H and O–H groups in total. The van der Waals surface area contributed by atoms with E-state index in [1.807, 2.05) is 24.1 Å². The molecule has 0 spiro atoms. The van der Waals surface area contributed by atoms with Gasteiger partial charge in [-0.25, -0.2) is 0 Å². The van der Waals surface area contributed by atoms with Crippen molar-refractivity contribution in [2.75, 3.05) is 7.05 Å². The minimum atomic E-state index is 0.188. The van der Waals surface area contributed by atoms with Gasteiger partial charge in [0.2, 0.25) is 5.91 Å². The van der Waals surface area contributed by atoms with Crippen LogP contribution in [0.15, 0.2) is 24.3 Å². The highest BCUT2D eigenvalue weighted by Crippen LogP contribution is 2.20. The lowest BCUT2D eigenvalue weighted by atomic mass is 9.93. The number of nitrogens with zero attached hydrogens (tertiary/aromatic N) is 1. The number of aryl methyl sites for hydroxylation is 2. The lowest BCUT2D eigenvalue weighted by Crippen LogP contribution is -2.39. The predicted molar refractivity (Wildman–Crippen MR) is 79.5 cm³/mol. The fraction of sp³-hybridized carbons (Fsp3) is 0.529. The largest absolute Gasteiger partial charge is 0.343 e. The number of hydrogen-bond acceptors (Lipinski definition) is 2. The smallest absolute Gasteiger partial charge is 0.222 e. The van der Waals surface area contributed by atoms with Crippen LogP contribution in [0.3, 0.4) is 0 Å². The maximum Gasteiger partial charge on any atom is 0.222 e. The molecular formula is C17H23NO2. The fourth-order valence-corrected chi connectivity index (χ4v) is 2.82. The standard InChI is InChI=1S/C17H23NO2/c1-13-5-3-4-6-14(13)7-12-17(20)18(2)15-8-10-16(19)11-9-15/h3-6,15H,7-12H2,1-2H3. The third-order valence-corrected chi connectivity index (χ3v) is 4.32. The van der Waals surface area contributed by atoms with Crippen molar-refractivity contribution in [3.8, 4) is 0 Å². The molecule has 0 aliphatic heterocycles. The maximum absolute atomic E-state index is 12.2. The molecule has 1 fully saturated rings. The molecular weight excluding hydrogens is 250 g/mol. The first-order valence-electron chi connectivity index (χ1n) is 7.40. The van der Waals surface area contributed by atoms with Gasteiger partial charge in [-0.1, -0.05) is 24.3 Å². The number of carbonyl (C=O) groups is 2. The Balaban J connectivity index is 1.85. The molecule has 0 radical (unpaired) electrons. The molecule has 1 aromatic carbocycles. The summed E-state index contributed by atoms with van der Waals surface area (Å²) in [6, 6.07) is 8.45. The monoisotopic (exact) mass is 273 g/mol. The Morgan fingerprint density at radius 1 is 1.25 bits per heavy atom. The minimum Gasteiger partial charge on any atom is -0.343 e. The molecule has 1 aliphatic carbocycles. The Kier molecular flexibility index (Phi) is 4.94. The highest BCUT2D eigenvalue weighted by molar-refractivity contribution is 5.80. The van der Waals surface area contributed by atoms with Gasteiger partial charge in [-0.2, -0.15) is 0 Å². The molecule has 0 aromatic heterocycles. The van der Waals surface area contributed by atoms with Crippen molar-refractivity contribution in [2.24, 2.45) is 0 Å². The van der Waals surface area contributed by atoms with Gasteiger partial charge in [0.15, 0.2) is 0 Å². The highest BCUT2D eigenvalue weighted by atomic mass is 16.2. The van der Waals surface area contributed by atoms with E-state index in [-0.39, 0.29) is 11.9 Å². The molecule has 0 bridgehead atoms. The molecule has 0 heterocycles. The summed E-state index contributed by atoms with van der Waals surface area (Å²) in [4.78, 5) is 25.3. The van der Waals surface area contributed by atoms with Gasteiger partial charge in [0.25, 0.3) is 0 Å². The van der Waals surface area contributed by atoms with Gasteiger partial charge in [0.05, 0.1) is 0 Å². The van der Waals surface area contributed by atoms with E-state index in [1.165, 1.54) is 11.1 Å². The van der Waals surface area contributed by atoms with Crippen LogP contribution >= 0.6 is 0 Å². The maximum atomic E-state index is 12.2. The zero-order valence-corrected chi connectivity index (χ0v) is 12.4. The molecule has 1 aromatic rings. The van der Waals surface area contributed by atoms with Crippen LogP contribution in [-0.2, 0) is 16.0 Å². The Labute approximate surface area is 121 Å². The van der Waals surface area contributed by atoms with Crippen LogP contribution < -0.4 is 0 Å². The third-order valence-electron chi connectivity index (χ3n) is 4.32. The van der Waals surface area contributed by atoms with Crippen molar-refractivity contribution in [2.45, 2.75) is 51.5 Å². The second-order valence-electron chi connectivity index (χ2n) is 5.70. The quantitative estimate of drug-likeness (QED) is 0.846. The molecule has 0 atom stereocenters. The highest BCUT2D eigenvalue weighted by Gasteiger charge is 2.24. The number of benzene rings is 1. The normalized spacial score (nSPS) is 16.2. The number of Topliss-reactive ketones (excluding diaryl/α,β-unsaturated/α-hetero) is 1. The van der Waals surface area contributed by atoms with E-state index < -0.39 is 0 Å². The van der Waals surface area contributed by atoms with Crippen LogP contribution in [0.5, 0.6) is 0 Å². The van der Waals surface area contributed by atoms with Gasteiger partial charge in [0.1, 0.15) is 5.78 Å². The Bertz CT molecular complexity index is 486. The number of carbonyl (C=O) groups excluding carboxylic acids is 2. The molecule has 1 amide bonds.